The summed E-state index contributed by atoms with van der Waals surface area (Å²) in [6.45, 7) is 0. The van der Waals surface area contributed by atoms with Crippen molar-refractivity contribution in [3.63, 3.8) is 0 Å². The zero-order valence-corrected chi connectivity index (χ0v) is 10.3. The first-order chi connectivity index (χ1) is 9.90. The number of aromatic amines is 1. The van der Waals surface area contributed by atoms with Crippen molar-refractivity contribution in [3.8, 4) is 23.1 Å². The number of para-hydroxylation sites is 1. The molecule has 6 nitrogen and oxygen atoms in total. The molecule has 0 bridgehead atoms. The fourth-order valence-electron chi connectivity index (χ4n) is 2.04. The number of fused-ring (bicyclic) bond motifs is 1. The lowest BCUT2D eigenvalue weighted by molar-refractivity contribution is 0.431. The SMILES string of the molecule is c1ccc2[nH]c(-c3nc(-c4cnccn4)no3)cc2c1. The predicted octanol–water partition coefficient (Wildman–Crippen LogP) is 2.67. The molecule has 4 rings (SSSR count). The summed E-state index contributed by atoms with van der Waals surface area (Å²) in [7, 11) is 0. The van der Waals surface area contributed by atoms with E-state index in [1.54, 1.807) is 18.6 Å². The maximum atomic E-state index is 5.27. The average molecular weight is 263 g/mol. The Kier molecular flexibility index (Phi) is 2.32. The minimum atomic E-state index is 0.423. The molecule has 0 amide bonds. The fraction of sp³-hybridized carbons (Fsp3) is 0. The first-order valence-corrected chi connectivity index (χ1v) is 6.08. The Morgan fingerprint density at radius 2 is 2.05 bits per heavy atom. The molecule has 0 spiro atoms. The second kappa shape index (κ2) is 4.27. The smallest absolute Gasteiger partial charge is 0.274 e. The van der Waals surface area contributed by atoms with Crippen LogP contribution >= 0.6 is 0 Å². The van der Waals surface area contributed by atoms with Crippen LogP contribution in [0.25, 0.3) is 34.0 Å². The average Bonchev–Trinajstić information content (AvgIpc) is 3.14. The highest BCUT2D eigenvalue weighted by molar-refractivity contribution is 5.84. The van der Waals surface area contributed by atoms with Gasteiger partial charge in [-0.1, -0.05) is 23.4 Å². The first-order valence-electron chi connectivity index (χ1n) is 6.08. The Balaban J connectivity index is 1.78. The normalized spacial score (nSPS) is 11.0. The van der Waals surface area contributed by atoms with Crippen LogP contribution in [0, 0.1) is 0 Å². The number of H-pyrrole nitrogens is 1. The topological polar surface area (TPSA) is 80.5 Å². The van der Waals surface area contributed by atoms with Crippen LogP contribution in [0.5, 0.6) is 0 Å². The largest absolute Gasteiger partial charge is 0.351 e. The summed E-state index contributed by atoms with van der Waals surface area (Å²) in [5, 5.41) is 5.02. The van der Waals surface area contributed by atoms with E-state index in [1.807, 2.05) is 30.3 Å². The van der Waals surface area contributed by atoms with Crippen molar-refractivity contribution in [3.05, 3.63) is 48.9 Å². The highest BCUT2D eigenvalue weighted by atomic mass is 16.5. The van der Waals surface area contributed by atoms with Crippen molar-refractivity contribution in [2.24, 2.45) is 0 Å². The summed E-state index contributed by atoms with van der Waals surface area (Å²) in [6, 6.07) is 9.96. The molecular weight excluding hydrogens is 254 g/mol. The molecule has 1 aromatic carbocycles. The third-order valence-electron chi connectivity index (χ3n) is 2.98. The van der Waals surface area contributed by atoms with E-state index in [2.05, 4.69) is 25.1 Å². The number of hydrogen-bond donors (Lipinski definition) is 1. The molecule has 3 aromatic heterocycles. The van der Waals surface area contributed by atoms with Crippen LogP contribution in [0.4, 0.5) is 0 Å². The zero-order chi connectivity index (χ0) is 13.4. The van der Waals surface area contributed by atoms with Crippen molar-refractivity contribution in [1.29, 1.82) is 0 Å². The van der Waals surface area contributed by atoms with Gasteiger partial charge in [-0.3, -0.25) is 4.98 Å². The first kappa shape index (κ1) is 10.9. The summed E-state index contributed by atoms with van der Waals surface area (Å²) in [6.07, 6.45) is 4.79. The highest BCUT2D eigenvalue weighted by Crippen LogP contribution is 2.24. The van der Waals surface area contributed by atoms with Gasteiger partial charge < -0.3 is 9.51 Å². The molecule has 3 heterocycles. The van der Waals surface area contributed by atoms with E-state index < -0.39 is 0 Å². The van der Waals surface area contributed by atoms with Crippen LogP contribution in [-0.4, -0.2) is 25.1 Å². The van der Waals surface area contributed by atoms with Gasteiger partial charge in [-0.2, -0.15) is 4.98 Å². The minimum Gasteiger partial charge on any atom is -0.351 e. The molecular formula is C14H9N5O. The molecule has 0 saturated carbocycles. The summed E-state index contributed by atoms with van der Waals surface area (Å²) < 4.78 is 5.27. The zero-order valence-electron chi connectivity index (χ0n) is 10.3. The van der Waals surface area contributed by atoms with Gasteiger partial charge in [0.2, 0.25) is 5.82 Å². The minimum absolute atomic E-state index is 0.423. The van der Waals surface area contributed by atoms with Crippen LogP contribution < -0.4 is 0 Å². The molecule has 0 radical (unpaired) electrons. The van der Waals surface area contributed by atoms with E-state index in [1.165, 1.54) is 0 Å². The molecule has 20 heavy (non-hydrogen) atoms. The van der Waals surface area contributed by atoms with Crippen molar-refractivity contribution in [2.75, 3.05) is 0 Å². The number of benzene rings is 1. The standard InChI is InChI=1S/C14H9N5O/c1-2-4-10-9(3-1)7-11(17-10)14-18-13(19-20-14)12-8-15-5-6-16-12/h1-8,17H. The molecule has 1 N–H and O–H groups in total. The number of rotatable bonds is 2. The van der Waals surface area contributed by atoms with Crippen molar-refractivity contribution < 1.29 is 4.52 Å². The maximum Gasteiger partial charge on any atom is 0.274 e. The monoisotopic (exact) mass is 263 g/mol. The molecule has 0 aliphatic heterocycles. The van der Waals surface area contributed by atoms with E-state index in [4.69, 9.17) is 4.52 Å². The molecule has 0 atom stereocenters. The van der Waals surface area contributed by atoms with Gasteiger partial charge in [0.15, 0.2) is 0 Å². The van der Waals surface area contributed by atoms with Crippen LogP contribution in [0.2, 0.25) is 0 Å². The fourth-order valence-corrected chi connectivity index (χ4v) is 2.04. The Labute approximate surface area is 113 Å². The second-order valence-electron chi connectivity index (χ2n) is 4.28. The van der Waals surface area contributed by atoms with Crippen molar-refractivity contribution >= 4 is 10.9 Å². The Morgan fingerprint density at radius 3 is 2.90 bits per heavy atom. The second-order valence-corrected chi connectivity index (χ2v) is 4.28. The van der Waals surface area contributed by atoms with Crippen LogP contribution in [0.3, 0.4) is 0 Å². The van der Waals surface area contributed by atoms with Crippen molar-refractivity contribution in [2.45, 2.75) is 0 Å². The van der Waals surface area contributed by atoms with Crippen LogP contribution in [0.1, 0.15) is 0 Å². The maximum absolute atomic E-state index is 5.27. The van der Waals surface area contributed by atoms with Gasteiger partial charge in [-0.05, 0) is 12.1 Å². The Morgan fingerprint density at radius 1 is 1.10 bits per heavy atom. The predicted molar refractivity (Wildman–Crippen MR) is 72.6 cm³/mol. The van der Waals surface area contributed by atoms with Gasteiger partial charge in [0, 0.05) is 23.3 Å². The van der Waals surface area contributed by atoms with E-state index in [0.29, 0.717) is 17.4 Å². The molecule has 0 unspecified atom stereocenters. The number of nitrogens with zero attached hydrogens (tertiary/aromatic N) is 4. The van der Waals surface area contributed by atoms with E-state index >= 15 is 0 Å². The highest BCUT2D eigenvalue weighted by Gasteiger charge is 2.13. The third kappa shape index (κ3) is 1.74. The lowest BCUT2D eigenvalue weighted by Gasteiger charge is -1.89. The molecule has 0 saturated heterocycles. The number of aromatic nitrogens is 5. The van der Waals surface area contributed by atoms with E-state index in [0.717, 1.165) is 16.6 Å². The van der Waals surface area contributed by atoms with Gasteiger partial charge in [-0.15, -0.1) is 0 Å². The lowest BCUT2D eigenvalue weighted by atomic mass is 10.2. The third-order valence-corrected chi connectivity index (χ3v) is 2.98. The van der Waals surface area contributed by atoms with Gasteiger partial charge in [0.05, 0.1) is 6.20 Å². The lowest BCUT2D eigenvalue weighted by Crippen LogP contribution is -1.86. The Hall–Kier alpha value is -3.02. The van der Waals surface area contributed by atoms with Gasteiger partial charge >= 0.3 is 0 Å². The molecule has 4 aromatic rings. The molecule has 0 fully saturated rings. The molecule has 0 aliphatic rings. The number of nitrogens with one attached hydrogen (secondary N) is 1. The Bertz CT molecular complexity index is 832. The van der Waals surface area contributed by atoms with E-state index in [-0.39, 0.29) is 0 Å². The quantitative estimate of drug-likeness (QED) is 0.601. The van der Waals surface area contributed by atoms with Crippen LogP contribution in [0.15, 0.2) is 53.4 Å². The summed E-state index contributed by atoms with van der Waals surface area (Å²) >= 11 is 0. The molecule has 0 aliphatic carbocycles. The molecule has 96 valence electrons. The summed E-state index contributed by atoms with van der Waals surface area (Å²) in [5.41, 5.74) is 2.40. The van der Waals surface area contributed by atoms with Gasteiger partial charge in [-0.25, -0.2) is 4.98 Å². The molecule has 6 heteroatoms. The van der Waals surface area contributed by atoms with Gasteiger partial charge in [0.1, 0.15) is 11.4 Å². The van der Waals surface area contributed by atoms with Crippen molar-refractivity contribution in [1.82, 2.24) is 25.1 Å². The van der Waals surface area contributed by atoms with Crippen LogP contribution in [-0.2, 0) is 0 Å². The van der Waals surface area contributed by atoms with Gasteiger partial charge in [0.25, 0.3) is 5.89 Å². The number of hydrogen-bond acceptors (Lipinski definition) is 5. The summed E-state index contributed by atoms with van der Waals surface area (Å²) in [5.74, 6) is 0.855. The summed E-state index contributed by atoms with van der Waals surface area (Å²) in [4.78, 5) is 15.7. The van der Waals surface area contributed by atoms with E-state index in [9.17, 15) is 0 Å².